The number of carbonyl (C=O) groups excluding carboxylic acids is 1. The molecule has 0 radical (unpaired) electrons. The van der Waals surface area contributed by atoms with E-state index in [-0.39, 0.29) is 5.91 Å². The van der Waals surface area contributed by atoms with Crippen LogP contribution in [0.15, 0.2) is 42.0 Å². The molecule has 6 heteroatoms. The number of rotatable bonds is 10. The zero-order valence-electron chi connectivity index (χ0n) is 23.0. The van der Waals surface area contributed by atoms with E-state index < -0.39 is 11.6 Å². The topological polar surface area (TPSA) is 38.8 Å². The summed E-state index contributed by atoms with van der Waals surface area (Å²) in [6, 6.07) is 8.81. The van der Waals surface area contributed by atoms with Crippen molar-refractivity contribution in [3.05, 3.63) is 64.7 Å². The number of nitrogens with zero attached hydrogens (tertiary/aromatic N) is 1. The lowest BCUT2D eigenvalue weighted by atomic mass is 9.79. The summed E-state index contributed by atoms with van der Waals surface area (Å²) < 4.78 is 38.6. The van der Waals surface area contributed by atoms with Crippen LogP contribution in [-0.2, 0) is 0 Å². The normalized spacial score (nSPS) is 20.4. The summed E-state index contributed by atoms with van der Waals surface area (Å²) in [5.41, 5.74) is 1.65. The molecule has 2 unspecified atom stereocenters. The van der Waals surface area contributed by atoms with Crippen molar-refractivity contribution >= 4 is 12.0 Å². The number of carbonyl (C=O) groups is 1. The standard InChI is InChI=1S/C32H41F2NO3/c1-22(14-25-12-13-28(33)18-31(25)34)20-35(32(36)27-16-29(37-2)19-30(17-27)38-3)21-26-11-7-10-24(26)15-23-8-5-4-6-9-23/h12-14,16-19,23-24,26H,4-11,15,20-21H2,1-3H3/b22-14+. The highest BCUT2D eigenvalue weighted by atomic mass is 19.1. The van der Waals surface area contributed by atoms with E-state index in [0.717, 1.165) is 24.0 Å². The van der Waals surface area contributed by atoms with Gasteiger partial charge in [0, 0.05) is 36.3 Å². The quantitative estimate of drug-likeness (QED) is 0.316. The Hall–Kier alpha value is -2.89. The Labute approximate surface area is 226 Å². The maximum atomic E-state index is 14.3. The lowest BCUT2D eigenvalue weighted by molar-refractivity contribution is 0.0724. The predicted octanol–water partition coefficient (Wildman–Crippen LogP) is 7.91. The molecule has 0 aromatic heterocycles. The number of methoxy groups -OCH3 is 2. The fraction of sp³-hybridized carbons (Fsp3) is 0.531. The Kier molecular flexibility index (Phi) is 9.81. The maximum absolute atomic E-state index is 14.3. The van der Waals surface area contributed by atoms with Crippen molar-refractivity contribution < 1.29 is 23.0 Å². The van der Waals surface area contributed by atoms with Gasteiger partial charge < -0.3 is 14.4 Å². The lowest BCUT2D eigenvalue weighted by Crippen LogP contribution is -2.38. The Balaban J connectivity index is 1.58. The first kappa shape index (κ1) is 28.1. The summed E-state index contributed by atoms with van der Waals surface area (Å²) in [4.78, 5) is 15.8. The summed E-state index contributed by atoms with van der Waals surface area (Å²) in [5.74, 6) is 1.70. The number of hydrogen-bond acceptors (Lipinski definition) is 3. The number of benzene rings is 2. The average molecular weight is 526 g/mol. The highest BCUT2D eigenvalue weighted by molar-refractivity contribution is 5.95. The van der Waals surface area contributed by atoms with Crippen molar-refractivity contribution in [3.8, 4) is 11.5 Å². The lowest BCUT2D eigenvalue weighted by Gasteiger charge is -2.32. The smallest absolute Gasteiger partial charge is 0.254 e. The molecule has 0 heterocycles. The third-order valence-corrected chi connectivity index (χ3v) is 8.32. The molecule has 0 N–H and O–H groups in total. The Morgan fingerprint density at radius 1 is 0.921 bits per heavy atom. The van der Waals surface area contributed by atoms with Crippen molar-refractivity contribution in [2.45, 2.75) is 64.7 Å². The zero-order chi connectivity index (χ0) is 27.1. The van der Waals surface area contributed by atoms with Gasteiger partial charge in [0.25, 0.3) is 5.91 Å². The van der Waals surface area contributed by atoms with Gasteiger partial charge in [0.05, 0.1) is 14.2 Å². The highest BCUT2D eigenvalue weighted by Gasteiger charge is 2.33. The van der Waals surface area contributed by atoms with Crippen LogP contribution < -0.4 is 9.47 Å². The fourth-order valence-electron chi connectivity index (χ4n) is 6.36. The Morgan fingerprint density at radius 2 is 1.61 bits per heavy atom. The van der Waals surface area contributed by atoms with Gasteiger partial charge in [-0.25, -0.2) is 8.78 Å². The Bertz CT molecular complexity index is 1100. The minimum Gasteiger partial charge on any atom is -0.497 e. The molecular weight excluding hydrogens is 484 g/mol. The first-order chi connectivity index (χ1) is 18.4. The van der Waals surface area contributed by atoms with Crippen molar-refractivity contribution in [3.63, 3.8) is 0 Å². The van der Waals surface area contributed by atoms with Crippen LogP contribution in [0.25, 0.3) is 6.08 Å². The molecule has 2 aromatic rings. The van der Waals surface area contributed by atoms with Crippen LogP contribution in [-0.4, -0.2) is 38.1 Å². The molecule has 2 atom stereocenters. The first-order valence-corrected chi connectivity index (χ1v) is 14.0. The van der Waals surface area contributed by atoms with E-state index in [1.54, 1.807) is 38.5 Å². The molecule has 0 saturated heterocycles. The average Bonchev–Trinajstić information content (AvgIpc) is 3.35. The number of halogens is 2. The SMILES string of the molecule is COc1cc(OC)cc(C(=O)N(C/C(C)=C/c2ccc(F)cc2F)CC2CCCC2CC2CCCCC2)c1. The minimum absolute atomic E-state index is 0.0992. The molecule has 4 rings (SSSR count). The van der Waals surface area contributed by atoms with Crippen LogP contribution in [0.2, 0.25) is 0 Å². The number of amides is 1. The van der Waals surface area contributed by atoms with E-state index in [1.165, 1.54) is 63.5 Å². The minimum atomic E-state index is -0.608. The van der Waals surface area contributed by atoms with Gasteiger partial charge in [0.1, 0.15) is 23.1 Å². The molecule has 38 heavy (non-hydrogen) atoms. The second-order valence-corrected chi connectivity index (χ2v) is 11.1. The monoisotopic (exact) mass is 525 g/mol. The summed E-state index contributed by atoms with van der Waals surface area (Å²) in [6.07, 6.45) is 13.2. The van der Waals surface area contributed by atoms with Crippen molar-refractivity contribution in [2.24, 2.45) is 17.8 Å². The van der Waals surface area contributed by atoms with Crippen LogP contribution in [0.3, 0.4) is 0 Å². The molecule has 4 nitrogen and oxygen atoms in total. The van der Waals surface area contributed by atoms with Gasteiger partial charge >= 0.3 is 0 Å². The van der Waals surface area contributed by atoms with Gasteiger partial charge in [0.15, 0.2) is 0 Å². The molecule has 1 amide bonds. The van der Waals surface area contributed by atoms with Crippen LogP contribution in [0.4, 0.5) is 8.78 Å². The van der Waals surface area contributed by atoms with Gasteiger partial charge in [-0.2, -0.15) is 0 Å². The van der Waals surface area contributed by atoms with E-state index in [0.29, 0.717) is 47.6 Å². The van der Waals surface area contributed by atoms with E-state index in [4.69, 9.17) is 9.47 Å². The van der Waals surface area contributed by atoms with Gasteiger partial charge in [-0.15, -0.1) is 0 Å². The number of hydrogen-bond donors (Lipinski definition) is 0. The van der Waals surface area contributed by atoms with E-state index in [2.05, 4.69) is 0 Å². The van der Waals surface area contributed by atoms with Crippen molar-refractivity contribution in [1.29, 1.82) is 0 Å². The number of ether oxygens (including phenoxy) is 2. The molecule has 2 saturated carbocycles. The van der Waals surface area contributed by atoms with Gasteiger partial charge in [0.2, 0.25) is 0 Å². The summed E-state index contributed by atoms with van der Waals surface area (Å²) in [5, 5.41) is 0. The molecule has 0 bridgehead atoms. The molecule has 2 aliphatic rings. The third-order valence-electron chi connectivity index (χ3n) is 8.32. The summed E-state index contributed by atoms with van der Waals surface area (Å²) in [7, 11) is 3.14. The second-order valence-electron chi connectivity index (χ2n) is 11.1. The van der Waals surface area contributed by atoms with Gasteiger partial charge in [-0.1, -0.05) is 56.6 Å². The van der Waals surface area contributed by atoms with Crippen LogP contribution in [0.1, 0.15) is 80.6 Å². The molecule has 0 aliphatic heterocycles. The molecular formula is C32H41F2NO3. The van der Waals surface area contributed by atoms with E-state index in [1.807, 2.05) is 11.8 Å². The van der Waals surface area contributed by atoms with Crippen LogP contribution >= 0.6 is 0 Å². The zero-order valence-corrected chi connectivity index (χ0v) is 23.0. The fourth-order valence-corrected chi connectivity index (χ4v) is 6.36. The second kappa shape index (κ2) is 13.3. The summed E-state index contributed by atoms with van der Waals surface area (Å²) in [6.45, 7) is 2.91. The molecule has 2 fully saturated rings. The maximum Gasteiger partial charge on any atom is 0.254 e. The van der Waals surface area contributed by atoms with E-state index >= 15 is 0 Å². The van der Waals surface area contributed by atoms with Crippen LogP contribution in [0, 0.1) is 29.4 Å². The first-order valence-electron chi connectivity index (χ1n) is 14.0. The Morgan fingerprint density at radius 3 is 2.26 bits per heavy atom. The van der Waals surface area contributed by atoms with E-state index in [9.17, 15) is 13.6 Å². The van der Waals surface area contributed by atoms with Gasteiger partial charge in [-0.05, 0) is 61.8 Å². The molecule has 2 aromatic carbocycles. The van der Waals surface area contributed by atoms with Crippen molar-refractivity contribution in [1.82, 2.24) is 4.90 Å². The third kappa shape index (κ3) is 7.36. The highest BCUT2D eigenvalue weighted by Crippen LogP contribution is 2.40. The molecule has 206 valence electrons. The molecule has 0 spiro atoms. The van der Waals surface area contributed by atoms with Gasteiger partial charge in [-0.3, -0.25) is 4.79 Å². The largest absolute Gasteiger partial charge is 0.497 e. The summed E-state index contributed by atoms with van der Waals surface area (Å²) >= 11 is 0. The van der Waals surface area contributed by atoms with Crippen molar-refractivity contribution in [2.75, 3.05) is 27.3 Å². The predicted molar refractivity (Wildman–Crippen MR) is 147 cm³/mol. The molecule has 2 aliphatic carbocycles. The van der Waals surface area contributed by atoms with Crippen LogP contribution in [0.5, 0.6) is 11.5 Å².